The molecule has 0 aliphatic rings. The number of hydrogen-bond donors (Lipinski definition) is 2. The van der Waals surface area contributed by atoms with Gasteiger partial charge >= 0.3 is 6.18 Å². The van der Waals surface area contributed by atoms with E-state index in [4.69, 9.17) is 23.1 Å². The second-order valence-corrected chi connectivity index (χ2v) is 4.81. The Morgan fingerprint density at radius 1 is 1.45 bits per heavy atom. The quantitative estimate of drug-likeness (QED) is 0.811. The van der Waals surface area contributed by atoms with Gasteiger partial charge in [-0.15, -0.1) is 0 Å². The van der Waals surface area contributed by atoms with Crippen LogP contribution in [0.4, 0.5) is 18.9 Å². The summed E-state index contributed by atoms with van der Waals surface area (Å²) in [5.41, 5.74) is 7.17. The van der Waals surface area contributed by atoms with Crippen LogP contribution in [-0.4, -0.2) is 41.0 Å². The van der Waals surface area contributed by atoms with Gasteiger partial charge in [-0.05, 0) is 19.9 Å². The molecule has 0 bridgehead atoms. The number of aliphatic hydroxyl groups excluding tert-OH is 1. The lowest BCUT2D eigenvalue weighted by Gasteiger charge is -2.28. The number of aromatic nitrogens is 1. The first-order valence-electron chi connectivity index (χ1n) is 5.86. The largest absolute Gasteiger partial charge is 0.405 e. The van der Waals surface area contributed by atoms with Crippen LogP contribution in [0.3, 0.4) is 0 Å². The van der Waals surface area contributed by atoms with Gasteiger partial charge in [0.2, 0.25) is 0 Å². The molecule has 3 N–H and O–H groups in total. The first-order chi connectivity index (χ1) is 9.15. The van der Waals surface area contributed by atoms with Gasteiger partial charge in [0.05, 0.1) is 17.9 Å². The molecule has 4 nitrogen and oxygen atoms in total. The molecule has 1 rings (SSSR count). The van der Waals surface area contributed by atoms with Crippen molar-refractivity contribution in [2.75, 3.05) is 24.6 Å². The highest BCUT2D eigenvalue weighted by Crippen LogP contribution is 2.27. The van der Waals surface area contributed by atoms with Crippen molar-refractivity contribution in [1.29, 1.82) is 0 Å². The molecule has 0 unspecified atom stereocenters. The lowest BCUT2D eigenvalue weighted by molar-refractivity contribution is -0.119. The molecular formula is C12H16F3N3OS. The zero-order valence-corrected chi connectivity index (χ0v) is 12.0. The molecule has 1 aromatic rings. The molecular weight excluding hydrogens is 291 g/mol. The SMILES string of the molecule is Cc1cc(N(CCO)CC(F)(F)F)c(C(N)=S)c(C)n1. The van der Waals surface area contributed by atoms with Gasteiger partial charge < -0.3 is 15.7 Å². The highest BCUT2D eigenvalue weighted by atomic mass is 32.1. The number of halogens is 3. The molecule has 0 aliphatic carbocycles. The van der Waals surface area contributed by atoms with E-state index in [-0.39, 0.29) is 17.2 Å². The molecule has 20 heavy (non-hydrogen) atoms. The molecule has 0 radical (unpaired) electrons. The van der Waals surface area contributed by atoms with Gasteiger partial charge in [0, 0.05) is 17.9 Å². The molecule has 0 saturated heterocycles. The maximum absolute atomic E-state index is 12.6. The van der Waals surface area contributed by atoms with Crippen LogP contribution in [0.5, 0.6) is 0 Å². The first-order valence-corrected chi connectivity index (χ1v) is 6.27. The smallest absolute Gasteiger partial charge is 0.395 e. The molecule has 112 valence electrons. The summed E-state index contributed by atoms with van der Waals surface area (Å²) in [5.74, 6) is 0. The van der Waals surface area contributed by atoms with Crippen LogP contribution in [0.25, 0.3) is 0 Å². The van der Waals surface area contributed by atoms with Crippen LogP contribution in [0.15, 0.2) is 6.07 Å². The summed E-state index contributed by atoms with van der Waals surface area (Å²) in [4.78, 5) is 5.15. The molecule has 0 fully saturated rings. The van der Waals surface area contributed by atoms with Gasteiger partial charge in [0.1, 0.15) is 11.5 Å². The van der Waals surface area contributed by atoms with Gasteiger partial charge in [-0.3, -0.25) is 4.98 Å². The molecule has 1 heterocycles. The van der Waals surface area contributed by atoms with Gasteiger partial charge in [-0.25, -0.2) is 0 Å². The van der Waals surface area contributed by atoms with Gasteiger partial charge in [0.15, 0.2) is 0 Å². The summed E-state index contributed by atoms with van der Waals surface area (Å²) in [6.45, 7) is 1.54. The van der Waals surface area contributed by atoms with Crippen LogP contribution >= 0.6 is 12.2 Å². The van der Waals surface area contributed by atoms with E-state index in [2.05, 4.69) is 4.98 Å². The molecule has 0 spiro atoms. The Morgan fingerprint density at radius 2 is 2.05 bits per heavy atom. The minimum atomic E-state index is -4.40. The molecule has 1 aromatic heterocycles. The van der Waals surface area contributed by atoms with Crippen molar-refractivity contribution >= 4 is 22.9 Å². The molecule has 0 aromatic carbocycles. The summed E-state index contributed by atoms with van der Waals surface area (Å²) >= 11 is 4.89. The predicted molar refractivity (Wildman–Crippen MR) is 75.0 cm³/mol. The number of aryl methyl sites for hydroxylation is 2. The molecule has 0 saturated carbocycles. The van der Waals surface area contributed by atoms with E-state index in [1.807, 2.05) is 0 Å². The fourth-order valence-corrected chi connectivity index (χ4v) is 2.24. The van der Waals surface area contributed by atoms with Crippen molar-refractivity contribution in [1.82, 2.24) is 4.98 Å². The number of nitrogens with two attached hydrogens (primary N) is 1. The summed E-state index contributed by atoms with van der Waals surface area (Å²) in [6.07, 6.45) is -4.40. The van der Waals surface area contributed by atoms with Gasteiger partial charge in [-0.1, -0.05) is 12.2 Å². The number of rotatable bonds is 5. The van der Waals surface area contributed by atoms with Crippen molar-refractivity contribution in [3.63, 3.8) is 0 Å². The number of anilines is 1. The van der Waals surface area contributed by atoms with Gasteiger partial charge in [0.25, 0.3) is 0 Å². The lowest BCUT2D eigenvalue weighted by Crippen LogP contribution is -2.38. The van der Waals surface area contributed by atoms with E-state index in [9.17, 15) is 13.2 Å². The third-order valence-electron chi connectivity index (χ3n) is 2.63. The Hall–Kier alpha value is -1.41. The fourth-order valence-electron chi connectivity index (χ4n) is 1.98. The Bertz CT molecular complexity index is 505. The topological polar surface area (TPSA) is 62.4 Å². The number of nitrogens with zero attached hydrogens (tertiary/aromatic N) is 2. The Kier molecular flexibility index (Phi) is 5.29. The van der Waals surface area contributed by atoms with Crippen molar-refractivity contribution in [3.8, 4) is 0 Å². The number of pyridine rings is 1. The predicted octanol–water partition coefficient (Wildman–Crippen LogP) is 1.69. The third kappa shape index (κ3) is 4.31. The second kappa shape index (κ2) is 6.36. The number of alkyl halides is 3. The molecule has 0 amide bonds. The molecule has 0 atom stereocenters. The normalized spacial score (nSPS) is 11.5. The number of hydrogen-bond acceptors (Lipinski definition) is 4. The fraction of sp³-hybridized carbons (Fsp3) is 0.500. The van der Waals surface area contributed by atoms with Crippen LogP contribution < -0.4 is 10.6 Å². The van der Waals surface area contributed by atoms with E-state index in [0.717, 1.165) is 4.90 Å². The second-order valence-electron chi connectivity index (χ2n) is 4.37. The highest BCUT2D eigenvalue weighted by molar-refractivity contribution is 7.80. The van der Waals surface area contributed by atoms with Crippen molar-refractivity contribution in [3.05, 3.63) is 23.0 Å². The minimum absolute atomic E-state index is 0.0184. The maximum Gasteiger partial charge on any atom is 0.405 e. The third-order valence-corrected chi connectivity index (χ3v) is 2.84. The maximum atomic E-state index is 12.6. The van der Waals surface area contributed by atoms with E-state index in [0.29, 0.717) is 17.0 Å². The Labute approximate surface area is 120 Å². The summed E-state index contributed by atoms with van der Waals surface area (Å²) < 4.78 is 37.9. The lowest BCUT2D eigenvalue weighted by atomic mass is 10.1. The molecule has 8 heteroatoms. The van der Waals surface area contributed by atoms with Gasteiger partial charge in [-0.2, -0.15) is 13.2 Å². The van der Waals surface area contributed by atoms with E-state index in [1.165, 1.54) is 6.07 Å². The standard InChI is InChI=1S/C12H16F3N3OS/c1-7-5-9(10(11(16)20)8(2)17-7)18(3-4-19)6-12(13,14)15/h5,19H,3-4,6H2,1-2H3,(H2,16,20). The average molecular weight is 307 g/mol. The minimum Gasteiger partial charge on any atom is -0.395 e. The zero-order chi connectivity index (χ0) is 15.5. The molecule has 0 aliphatic heterocycles. The van der Waals surface area contributed by atoms with Crippen molar-refractivity contribution < 1.29 is 18.3 Å². The van der Waals surface area contributed by atoms with Crippen molar-refractivity contribution in [2.45, 2.75) is 20.0 Å². The first kappa shape index (κ1) is 16.6. The number of aliphatic hydroxyl groups is 1. The summed E-state index contributed by atoms with van der Waals surface area (Å²) in [6, 6.07) is 1.49. The summed E-state index contributed by atoms with van der Waals surface area (Å²) in [7, 11) is 0. The summed E-state index contributed by atoms with van der Waals surface area (Å²) in [5, 5.41) is 8.97. The van der Waals surface area contributed by atoms with Crippen LogP contribution in [0, 0.1) is 13.8 Å². The average Bonchev–Trinajstić information content (AvgIpc) is 2.24. The van der Waals surface area contributed by atoms with E-state index in [1.54, 1.807) is 13.8 Å². The van der Waals surface area contributed by atoms with Crippen molar-refractivity contribution in [2.24, 2.45) is 5.73 Å². The number of thiocarbonyl (C=S) groups is 1. The van der Waals surface area contributed by atoms with E-state index < -0.39 is 19.3 Å². The highest BCUT2D eigenvalue weighted by Gasteiger charge is 2.32. The van der Waals surface area contributed by atoms with E-state index >= 15 is 0 Å². The monoisotopic (exact) mass is 307 g/mol. The van der Waals surface area contributed by atoms with Crippen LogP contribution in [0.1, 0.15) is 17.0 Å². The zero-order valence-electron chi connectivity index (χ0n) is 11.2. The van der Waals surface area contributed by atoms with Crippen LogP contribution in [0.2, 0.25) is 0 Å². The Morgan fingerprint density at radius 3 is 2.50 bits per heavy atom. The Balaban J connectivity index is 3.34. The van der Waals surface area contributed by atoms with Crippen LogP contribution in [-0.2, 0) is 0 Å².